The van der Waals surface area contributed by atoms with Gasteiger partial charge in [-0.1, -0.05) is 18.2 Å². The molecule has 0 spiro atoms. The van der Waals surface area contributed by atoms with Crippen LogP contribution in [0, 0.1) is 17.8 Å². The number of para-hydroxylation sites is 1. The number of amides is 2. The maximum Gasteiger partial charge on any atom is 0.305 e. The summed E-state index contributed by atoms with van der Waals surface area (Å²) >= 11 is 0. The van der Waals surface area contributed by atoms with Crippen molar-refractivity contribution in [3.63, 3.8) is 0 Å². The van der Waals surface area contributed by atoms with E-state index in [-0.39, 0.29) is 11.2 Å². The molecule has 4 aliphatic carbocycles. The fourth-order valence-corrected chi connectivity index (χ4v) is 6.82. The van der Waals surface area contributed by atoms with Crippen LogP contribution in [-0.2, 0) is 5.41 Å². The largest absolute Gasteiger partial charge is 0.459 e. The van der Waals surface area contributed by atoms with Crippen LogP contribution in [0.1, 0.15) is 65.1 Å². The van der Waals surface area contributed by atoms with Crippen molar-refractivity contribution in [1.29, 1.82) is 0 Å². The van der Waals surface area contributed by atoms with Crippen LogP contribution in [-0.4, -0.2) is 16.8 Å². The molecule has 0 aliphatic heterocycles. The Morgan fingerprint density at radius 3 is 2.26 bits per heavy atom. The van der Waals surface area contributed by atoms with Crippen LogP contribution in [0.3, 0.4) is 0 Å². The fraction of sp³-hybridized carbons (Fsp3) is 0.400. The lowest BCUT2D eigenvalue weighted by Gasteiger charge is -2.57. The number of hydrazine groups is 1. The van der Waals surface area contributed by atoms with Gasteiger partial charge in [0.15, 0.2) is 5.76 Å². The molecule has 4 bridgehead atoms. The normalized spacial score (nSPS) is 28.6. The summed E-state index contributed by atoms with van der Waals surface area (Å²) in [5.74, 6) is 1.65. The predicted octanol–water partition coefficient (Wildman–Crippen LogP) is 4.37. The van der Waals surface area contributed by atoms with Crippen molar-refractivity contribution >= 4 is 22.7 Å². The van der Waals surface area contributed by atoms with Gasteiger partial charge in [-0.2, -0.15) is 0 Å². The Morgan fingerprint density at radius 2 is 1.58 bits per heavy atom. The molecule has 31 heavy (non-hydrogen) atoms. The van der Waals surface area contributed by atoms with Gasteiger partial charge >= 0.3 is 5.91 Å². The standard InChI is InChI=1S/C25H25N3O3/c29-23(27-28-24(30)22-6-3-7-31-22)21-11-19(18-4-1-2-5-20(18)26-21)25-12-15-8-16(13-25)10-17(9-15)14-25/h1-7,11,15-17H,8-10,12-14H2,(H,27,29)(H,28,30). The molecular formula is C25H25N3O3. The highest BCUT2D eigenvalue weighted by Crippen LogP contribution is 2.61. The zero-order valence-electron chi connectivity index (χ0n) is 17.3. The summed E-state index contributed by atoms with van der Waals surface area (Å²) in [5.41, 5.74) is 7.48. The van der Waals surface area contributed by atoms with Crippen molar-refractivity contribution in [1.82, 2.24) is 15.8 Å². The van der Waals surface area contributed by atoms with Crippen LogP contribution in [0.15, 0.2) is 53.1 Å². The SMILES string of the molecule is O=C(NNC(=O)c1ccco1)c1cc(C23CC4CC(CC(C4)C2)C3)c2ccccc2n1. The summed E-state index contributed by atoms with van der Waals surface area (Å²) < 4.78 is 5.07. The number of furan rings is 1. The number of benzene rings is 1. The number of carbonyl (C=O) groups excluding carboxylic acids is 2. The zero-order chi connectivity index (χ0) is 21.0. The first kappa shape index (κ1) is 18.6. The van der Waals surface area contributed by atoms with Crippen LogP contribution < -0.4 is 10.9 Å². The Morgan fingerprint density at radius 1 is 0.903 bits per heavy atom. The number of nitrogens with one attached hydrogen (secondary N) is 2. The molecular weight excluding hydrogens is 390 g/mol. The number of aromatic nitrogens is 1. The van der Waals surface area contributed by atoms with Crippen LogP contribution in [0.4, 0.5) is 0 Å². The van der Waals surface area contributed by atoms with E-state index in [2.05, 4.69) is 28.0 Å². The van der Waals surface area contributed by atoms with E-state index in [0.29, 0.717) is 5.69 Å². The van der Waals surface area contributed by atoms with Gasteiger partial charge in [0.05, 0.1) is 11.8 Å². The van der Waals surface area contributed by atoms with Crippen molar-refractivity contribution in [2.75, 3.05) is 0 Å². The van der Waals surface area contributed by atoms with E-state index in [1.165, 1.54) is 50.4 Å². The Labute approximate surface area is 180 Å². The minimum absolute atomic E-state index is 0.140. The summed E-state index contributed by atoms with van der Waals surface area (Å²) in [6.45, 7) is 0. The predicted molar refractivity (Wildman–Crippen MR) is 115 cm³/mol. The lowest BCUT2D eigenvalue weighted by molar-refractivity contribution is -0.00454. The molecule has 2 heterocycles. The van der Waals surface area contributed by atoms with Crippen molar-refractivity contribution in [3.05, 3.63) is 65.7 Å². The maximum atomic E-state index is 12.9. The third-order valence-electron chi connectivity index (χ3n) is 7.59. The maximum absolute atomic E-state index is 12.9. The first-order chi connectivity index (χ1) is 15.1. The Bertz CT molecular complexity index is 1130. The van der Waals surface area contributed by atoms with Gasteiger partial charge in [0.2, 0.25) is 0 Å². The van der Waals surface area contributed by atoms with Crippen LogP contribution in [0.25, 0.3) is 10.9 Å². The van der Waals surface area contributed by atoms with Crippen molar-refractivity contribution in [2.24, 2.45) is 17.8 Å². The molecule has 6 nitrogen and oxygen atoms in total. The lowest BCUT2D eigenvalue weighted by Crippen LogP contribution is -2.48. The second-order valence-electron chi connectivity index (χ2n) is 9.66. The second kappa shape index (κ2) is 6.94. The van der Waals surface area contributed by atoms with Gasteiger partial charge in [0, 0.05) is 5.39 Å². The third kappa shape index (κ3) is 3.12. The second-order valence-corrected chi connectivity index (χ2v) is 9.66. The minimum atomic E-state index is -0.500. The Balaban J connectivity index is 1.35. The summed E-state index contributed by atoms with van der Waals surface area (Å²) in [5, 5.41) is 1.15. The number of rotatable bonds is 3. The fourth-order valence-electron chi connectivity index (χ4n) is 6.82. The average molecular weight is 415 g/mol. The van der Waals surface area contributed by atoms with Crippen molar-refractivity contribution < 1.29 is 14.0 Å². The van der Waals surface area contributed by atoms with E-state index in [9.17, 15) is 9.59 Å². The van der Waals surface area contributed by atoms with Gasteiger partial charge in [0.1, 0.15) is 5.69 Å². The molecule has 4 fully saturated rings. The lowest BCUT2D eigenvalue weighted by atomic mass is 9.48. The number of pyridine rings is 1. The van der Waals surface area contributed by atoms with Gasteiger partial charge in [-0.15, -0.1) is 0 Å². The number of fused-ring (bicyclic) bond motifs is 1. The van der Waals surface area contributed by atoms with Gasteiger partial charge in [-0.25, -0.2) is 4.98 Å². The number of hydrogen-bond acceptors (Lipinski definition) is 4. The molecule has 2 amide bonds. The summed E-state index contributed by atoms with van der Waals surface area (Å²) in [4.78, 5) is 29.7. The summed E-state index contributed by atoms with van der Waals surface area (Å²) in [6.07, 6.45) is 9.16. The number of hydrogen-bond donors (Lipinski definition) is 2. The zero-order valence-corrected chi connectivity index (χ0v) is 17.3. The first-order valence-corrected chi connectivity index (χ1v) is 11.1. The van der Waals surface area contributed by atoms with E-state index in [0.717, 1.165) is 28.7 Å². The van der Waals surface area contributed by atoms with E-state index in [1.807, 2.05) is 18.2 Å². The Kier molecular flexibility index (Phi) is 4.16. The molecule has 2 N–H and O–H groups in total. The molecule has 7 rings (SSSR count). The third-order valence-corrected chi connectivity index (χ3v) is 7.59. The van der Waals surface area contributed by atoms with E-state index in [4.69, 9.17) is 4.42 Å². The summed E-state index contributed by atoms with van der Waals surface area (Å²) in [6, 6.07) is 13.3. The van der Waals surface area contributed by atoms with E-state index < -0.39 is 11.8 Å². The Hall–Kier alpha value is -3.15. The molecule has 3 aromatic rings. The van der Waals surface area contributed by atoms with Crippen molar-refractivity contribution in [2.45, 2.75) is 43.9 Å². The minimum Gasteiger partial charge on any atom is -0.459 e. The molecule has 6 heteroatoms. The van der Waals surface area contributed by atoms with Crippen LogP contribution in [0.5, 0.6) is 0 Å². The summed E-state index contributed by atoms with van der Waals surface area (Å²) in [7, 11) is 0. The highest BCUT2D eigenvalue weighted by molar-refractivity contribution is 5.99. The molecule has 0 atom stereocenters. The first-order valence-electron chi connectivity index (χ1n) is 11.1. The highest BCUT2D eigenvalue weighted by atomic mass is 16.3. The van der Waals surface area contributed by atoms with Gasteiger partial charge < -0.3 is 4.42 Å². The molecule has 0 radical (unpaired) electrons. The molecule has 2 aromatic heterocycles. The molecule has 4 saturated carbocycles. The molecule has 0 unspecified atom stereocenters. The average Bonchev–Trinajstić information content (AvgIpc) is 3.30. The monoisotopic (exact) mass is 415 g/mol. The van der Waals surface area contributed by atoms with Gasteiger partial charge in [0.25, 0.3) is 5.91 Å². The molecule has 158 valence electrons. The van der Waals surface area contributed by atoms with Crippen molar-refractivity contribution in [3.8, 4) is 0 Å². The molecule has 4 aliphatic rings. The van der Waals surface area contributed by atoms with E-state index in [1.54, 1.807) is 12.1 Å². The molecule has 0 saturated heterocycles. The molecule has 1 aromatic carbocycles. The topological polar surface area (TPSA) is 84.2 Å². The number of nitrogens with zero attached hydrogens (tertiary/aromatic N) is 1. The van der Waals surface area contributed by atoms with Gasteiger partial charge in [-0.05, 0) is 91.5 Å². The van der Waals surface area contributed by atoms with Crippen LogP contribution >= 0.6 is 0 Å². The smallest absolute Gasteiger partial charge is 0.305 e. The van der Waals surface area contributed by atoms with Gasteiger partial charge in [-0.3, -0.25) is 20.4 Å². The van der Waals surface area contributed by atoms with Crippen LogP contribution in [0.2, 0.25) is 0 Å². The van der Waals surface area contributed by atoms with E-state index >= 15 is 0 Å². The number of carbonyl (C=O) groups is 2. The quantitative estimate of drug-likeness (QED) is 0.622. The highest BCUT2D eigenvalue weighted by Gasteiger charge is 2.52.